The predicted molar refractivity (Wildman–Crippen MR) is 166 cm³/mol. The number of hydrogen-bond donors (Lipinski definition) is 2. The van der Waals surface area contributed by atoms with E-state index in [9.17, 15) is 14.7 Å². The third kappa shape index (κ3) is 5.57. The second-order valence-corrected chi connectivity index (χ2v) is 11.6. The van der Waals surface area contributed by atoms with Gasteiger partial charge in [0.2, 0.25) is 0 Å². The van der Waals surface area contributed by atoms with Crippen molar-refractivity contribution in [3.05, 3.63) is 125 Å². The number of carbonyl (C=O) groups is 2. The number of benzene rings is 4. The lowest BCUT2D eigenvalue weighted by Gasteiger charge is -2.20. The molecule has 4 aromatic carbocycles. The van der Waals surface area contributed by atoms with Gasteiger partial charge in [-0.25, -0.2) is 4.79 Å². The van der Waals surface area contributed by atoms with Crippen LogP contribution in [0.5, 0.6) is 0 Å². The topological polar surface area (TPSA) is 84.2 Å². The van der Waals surface area contributed by atoms with E-state index in [-0.39, 0.29) is 17.5 Å². The number of aromatic carboxylic acids is 1. The summed E-state index contributed by atoms with van der Waals surface area (Å²) in [5, 5.41) is 18.7. The summed E-state index contributed by atoms with van der Waals surface area (Å²) in [5.41, 5.74) is 7.74. The van der Waals surface area contributed by atoms with Crippen LogP contribution in [0.3, 0.4) is 0 Å². The number of carboxylic acid groups (broad SMARTS) is 1. The Labute approximate surface area is 246 Å². The van der Waals surface area contributed by atoms with Crippen molar-refractivity contribution < 1.29 is 14.7 Å². The maximum atomic E-state index is 13.6. The highest BCUT2D eigenvalue weighted by molar-refractivity contribution is 5.98. The molecule has 1 heterocycles. The molecule has 0 aliphatic heterocycles. The summed E-state index contributed by atoms with van der Waals surface area (Å²) in [6.07, 6.45) is 2.26. The Bertz CT molecular complexity index is 1780. The highest BCUT2D eigenvalue weighted by atomic mass is 16.4. The van der Waals surface area contributed by atoms with Crippen LogP contribution in [0.4, 0.5) is 0 Å². The Balaban J connectivity index is 1.24. The largest absolute Gasteiger partial charge is 0.478 e. The van der Waals surface area contributed by atoms with Gasteiger partial charge in [-0.05, 0) is 77.6 Å². The Morgan fingerprint density at radius 1 is 0.929 bits per heavy atom. The van der Waals surface area contributed by atoms with E-state index >= 15 is 0 Å². The number of carboxylic acids is 1. The average molecular weight is 558 g/mol. The molecule has 6 rings (SSSR count). The number of fused-ring (bicyclic) bond motifs is 1. The molecule has 0 saturated heterocycles. The van der Waals surface area contributed by atoms with Crippen molar-refractivity contribution in [2.45, 2.75) is 52.1 Å². The van der Waals surface area contributed by atoms with Gasteiger partial charge in [-0.15, -0.1) is 0 Å². The van der Waals surface area contributed by atoms with E-state index < -0.39 is 5.97 Å². The van der Waals surface area contributed by atoms with Crippen molar-refractivity contribution in [2.75, 3.05) is 0 Å². The van der Waals surface area contributed by atoms with E-state index in [0.717, 1.165) is 40.6 Å². The summed E-state index contributed by atoms with van der Waals surface area (Å²) in [6.45, 7) is 6.90. The SMILES string of the molecule is Cc1nn(Cc2ccc(-c3ccccc3C(=O)O)cc2)c2cc(C(=O)N[C@H](c3cccc(C(C)C)c3)C3CC3)ccc12. The number of aromatic nitrogens is 2. The predicted octanol–water partition coefficient (Wildman–Crippen LogP) is 7.76. The fourth-order valence-electron chi connectivity index (χ4n) is 5.72. The minimum absolute atomic E-state index is 0.00307. The van der Waals surface area contributed by atoms with Crippen molar-refractivity contribution in [3.63, 3.8) is 0 Å². The molecule has 1 atom stereocenters. The second-order valence-electron chi connectivity index (χ2n) is 11.6. The van der Waals surface area contributed by atoms with E-state index in [1.54, 1.807) is 12.1 Å². The summed E-state index contributed by atoms with van der Waals surface area (Å²) in [6, 6.07) is 29.3. The average Bonchev–Trinajstić information content (AvgIpc) is 3.80. The van der Waals surface area contributed by atoms with Gasteiger partial charge in [0, 0.05) is 10.9 Å². The standard InChI is InChI=1S/C36H35N3O3/c1-22(2)27-7-6-8-28(19-27)34(26-15-16-26)37-35(40)29-17-18-30-23(3)38-39(33(30)20-29)21-24-11-13-25(14-12-24)31-9-4-5-10-32(31)36(41)42/h4-14,17-20,22,26,34H,15-16,21H2,1-3H3,(H,37,40)(H,41,42)/t34-/m0/s1. The second kappa shape index (κ2) is 11.3. The first-order valence-corrected chi connectivity index (χ1v) is 14.6. The van der Waals surface area contributed by atoms with Crippen LogP contribution in [0.25, 0.3) is 22.0 Å². The van der Waals surface area contributed by atoms with Crippen molar-refractivity contribution in [1.82, 2.24) is 15.1 Å². The number of carbonyl (C=O) groups excluding carboxylic acids is 1. The number of nitrogens with zero attached hydrogens (tertiary/aromatic N) is 2. The molecule has 1 aliphatic carbocycles. The molecule has 1 saturated carbocycles. The lowest BCUT2D eigenvalue weighted by molar-refractivity contribution is 0.0697. The summed E-state index contributed by atoms with van der Waals surface area (Å²) in [5.74, 6) is -0.113. The number of rotatable bonds is 9. The monoisotopic (exact) mass is 557 g/mol. The van der Waals surface area contributed by atoms with Crippen LogP contribution in [0.2, 0.25) is 0 Å². The fraction of sp³-hybridized carbons (Fsp3) is 0.250. The van der Waals surface area contributed by atoms with Crippen molar-refractivity contribution in [2.24, 2.45) is 5.92 Å². The van der Waals surface area contributed by atoms with Gasteiger partial charge in [0.05, 0.1) is 29.4 Å². The van der Waals surface area contributed by atoms with Gasteiger partial charge in [-0.3, -0.25) is 9.48 Å². The van der Waals surface area contributed by atoms with Gasteiger partial charge >= 0.3 is 5.97 Å². The Kier molecular flexibility index (Phi) is 7.38. The molecule has 6 nitrogen and oxygen atoms in total. The zero-order chi connectivity index (χ0) is 29.4. The van der Waals surface area contributed by atoms with Crippen LogP contribution >= 0.6 is 0 Å². The molecule has 0 unspecified atom stereocenters. The Morgan fingerprint density at radius 2 is 1.67 bits per heavy atom. The minimum atomic E-state index is -0.944. The zero-order valence-electron chi connectivity index (χ0n) is 24.2. The normalized spacial score (nSPS) is 13.8. The highest BCUT2D eigenvalue weighted by Crippen LogP contribution is 2.41. The summed E-state index contributed by atoms with van der Waals surface area (Å²) in [4.78, 5) is 25.2. The van der Waals surface area contributed by atoms with Crippen LogP contribution in [-0.2, 0) is 6.54 Å². The lowest BCUT2D eigenvalue weighted by atomic mass is 9.95. The molecule has 42 heavy (non-hydrogen) atoms. The highest BCUT2D eigenvalue weighted by Gasteiger charge is 2.34. The zero-order valence-corrected chi connectivity index (χ0v) is 24.2. The molecular formula is C36H35N3O3. The first kappa shape index (κ1) is 27.5. The van der Waals surface area contributed by atoms with Crippen LogP contribution in [0, 0.1) is 12.8 Å². The van der Waals surface area contributed by atoms with E-state index in [0.29, 0.717) is 29.5 Å². The van der Waals surface area contributed by atoms with Gasteiger partial charge in [-0.2, -0.15) is 5.10 Å². The molecule has 2 N–H and O–H groups in total. The first-order valence-electron chi connectivity index (χ1n) is 14.6. The number of aryl methyl sites for hydroxylation is 1. The van der Waals surface area contributed by atoms with E-state index in [2.05, 4.69) is 43.4 Å². The molecule has 6 heteroatoms. The first-order chi connectivity index (χ1) is 20.3. The van der Waals surface area contributed by atoms with Crippen molar-refractivity contribution in [1.29, 1.82) is 0 Å². The molecule has 1 fully saturated rings. The van der Waals surface area contributed by atoms with Gasteiger partial charge in [0.15, 0.2) is 0 Å². The molecule has 1 aromatic heterocycles. The maximum absolute atomic E-state index is 13.6. The molecule has 5 aromatic rings. The molecule has 212 valence electrons. The summed E-state index contributed by atoms with van der Waals surface area (Å²) >= 11 is 0. The minimum Gasteiger partial charge on any atom is -0.478 e. The summed E-state index contributed by atoms with van der Waals surface area (Å²) < 4.78 is 1.94. The van der Waals surface area contributed by atoms with Gasteiger partial charge in [-0.1, -0.05) is 86.6 Å². The number of amides is 1. The van der Waals surface area contributed by atoms with Crippen LogP contribution in [-0.4, -0.2) is 26.8 Å². The summed E-state index contributed by atoms with van der Waals surface area (Å²) in [7, 11) is 0. The van der Waals surface area contributed by atoms with Gasteiger partial charge in [0.25, 0.3) is 5.91 Å². The molecule has 0 radical (unpaired) electrons. The van der Waals surface area contributed by atoms with Gasteiger partial charge in [0.1, 0.15) is 0 Å². The Morgan fingerprint density at radius 3 is 2.38 bits per heavy atom. The van der Waals surface area contributed by atoms with Crippen LogP contribution in [0.1, 0.15) is 81.7 Å². The van der Waals surface area contributed by atoms with E-state index in [1.807, 2.05) is 66.2 Å². The van der Waals surface area contributed by atoms with Crippen molar-refractivity contribution >= 4 is 22.8 Å². The maximum Gasteiger partial charge on any atom is 0.336 e. The van der Waals surface area contributed by atoms with E-state index in [1.165, 1.54) is 11.1 Å². The quantitative estimate of drug-likeness (QED) is 0.194. The number of nitrogens with one attached hydrogen (secondary N) is 1. The van der Waals surface area contributed by atoms with Gasteiger partial charge < -0.3 is 10.4 Å². The third-order valence-corrected chi connectivity index (χ3v) is 8.27. The number of hydrogen-bond acceptors (Lipinski definition) is 3. The van der Waals surface area contributed by atoms with E-state index in [4.69, 9.17) is 5.10 Å². The smallest absolute Gasteiger partial charge is 0.336 e. The lowest BCUT2D eigenvalue weighted by Crippen LogP contribution is -2.30. The molecule has 1 aliphatic rings. The molecule has 1 amide bonds. The third-order valence-electron chi connectivity index (χ3n) is 8.27. The Hall–Kier alpha value is -4.71. The molecule has 0 spiro atoms. The van der Waals surface area contributed by atoms with Crippen LogP contribution < -0.4 is 5.32 Å². The molecule has 0 bridgehead atoms. The fourth-order valence-corrected chi connectivity index (χ4v) is 5.72. The van der Waals surface area contributed by atoms with Crippen molar-refractivity contribution in [3.8, 4) is 11.1 Å². The van der Waals surface area contributed by atoms with Crippen LogP contribution in [0.15, 0.2) is 91.0 Å². The molecular weight excluding hydrogens is 522 g/mol.